The Hall–Kier alpha value is -3.23. The SMILES string of the molecule is CC1(C)CN(c2cccc(C(=O)O)c2)C(=O)N1c1ccc(OC(F)(F)F)cc1. The zero-order chi connectivity index (χ0) is 20.7. The van der Waals surface area contributed by atoms with Gasteiger partial charge in [-0.3, -0.25) is 9.80 Å². The Kier molecular flexibility index (Phi) is 4.70. The Bertz CT molecular complexity index is 910. The van der Waals surface area contributed by atoms with Gasteiger partial charge < -0.3 is 9.84 Å². The van der Waals surface area contributed by atoms with Crippen molar-refractivity contribution in [1.29, 1.82) is 0 Å². The van der Waals surface area contributed by atoms with E-state index < -0.39 is 23.9 Å². The summed E-state index contributed by atoms with van der Waals surface area (Å²) < 4.78 is 40.8. The van der Waals surface area contributed by atoms with E-state index in [4.69, 9.17) is 5.11 Å². The van der Waals surface area contributed by atoms with Crippen LogP contribution in [0, 0.1) is 0 Å². The van der Waals surface area contributed by atoms with Crippen LogP contribution in [0.15, 0.2) is 48.5 Å². The number of anilines is 2. The molecular weight excluding hydrogens is 377 g/mol. The van der Waals surface area contributed by atoms with Crippen molar-refractivity contribution in [1.82, 2.24) is 0 Å². The summed E-state index contributed by atoms with van der Waals surface area (Å²) in [6, 6.07) is 10.6. The van der Waals surface area contributed by atoms with E-state index in [2.05, 4.69) is 4.74 Å². The lowest BCUT2D eigenvalue weighted by Gasteiger charge is -2.29. The number of carboxylic acid groups (broad SMARTS) is 1. The Balaban J connectivity index is 1.89. The maximum atomic E-state index is 13.0. The van der Waals surface area contributed by atoms with Gasteiger partial charge in [-0.15, -0.1) is 13.2 Å². The van der Waals surface area contributed by atoms with Crippen molar-refractivity contribution in [2.75, 3.05) is 16.3 Å². The Morgan fingerprint density at radius 1 is 1.11 bits per heavy atom. The number of carbonyl (C=O) groups excluding carboxylic acids is 1. The molecule has 1 fully saturated rings. The van der Waals surface area contributed by atoms with Gasteiger partial charge in [-0.2, -0.15) is 0 Å². The van der Waals surface area contributed by atoms with Gasteiger partial charge in [0.05, 0.1) is 17.6 Å². The molecule has 0 radical (unpaired) electrons. The summed E-state index contributed by atoms with van der Waals surface area (Å²) in [7, 11) is 0. The van der Waals surface area contributed by atoms with Crippen LogP contribution in [0.5, 0.6) is 5.75 Å². The molecule has 28 heavy (non-hydrogen) atoms. The molecule has 0 bridgehead atoms. The first-order chi connectivity index (χ1) is 13.0. The molecule has 3 rings (SSSR count). The minimum absolute atomic E-state index is 0.0511. The normalized spacial score (nSPS) is 16.4. The van der Waals surface area contributed by atoms with Gasteiger partial charge in [-0.25, -0.2) is 9.59 Å². The number of hydrogen-bond donors (Lipinski definition) is 1. The molecule has 2 amide bonds. The van der Waals surface area contributed by atoms with Gasteiger partial charge in [-0.1, -0.05) is 6.07 Å². The van der Waals surface area contributed by atoms with Crippen LogP contribution in [-0.2, 0) is 0 Å². The lowest BCUT2D eigenvalue weighted by atomic mass is 10.0. The van der Waals surface area contributed by atoms with Crippen LogP contribution < -0.4 is 14.5 Å². The van der Waals surface area contributed by atoms with Crippen LogP contribution in [0.1, 0.15) is 24.2 Å². The third-order valence-corrected chi connectivity index (χ3v) is 4.31. The highest BCUT2D eigenvalue weighted by molar-refractivity contribution is 6.08. The number of hydrogen-bond acceptors (Lipinski definition) is 3. The molecule has 0 spiro atoms. The van der Waals surface area contributed by atoms with Crippen molar-refractivity contribution in [3.8, 4) is 5.75 Å². The molecule has 1 saturated heterocycles. The van der Waals surface area contributed by atoms with E-state index in [0.717, 1.165) is 12.1 Å². The molecule has 0 aromatic heterocycles. The topological polar surface area (TPSA) is 70.1 Å². The Labute approximate surface area is 158 Å². The molecule has 2 aromatic carbocycles. The van der Waals surface area contributed by atoms with E-state index in [1.54, 1.807) is 12.1 Å². The van der Waals surface area contributed by atoms with Gasteiger partial charge in [0.15, 0.2) is 0 Å². The summed E-state index contributed by atoms with van der Waals surface area (Å²) in [6.45, 7) is 3.90. The molecule has 6 nitrogen and oxygen atoms in total. The lowest BCUT2D eigenvalue weighted by molar-refractivity contribution is -0.274. The van der Waals surface area contributed by atoms with E-state index in [-0.39, 0.29) is 17.9 Å². The largest absolute Gasteiger partial charge is 0.573 e. The van der Waals surface area contributed by atoms with Crippen LogP contribution >= 0.6 is 0 Å². The summed E-state index contributed by atoms with van der Waals surface area (Å²) in [5.41, 5.74) is 0.206. The summed E-state index contributed by atoms with van der Waals surface area (Å²) >= 11 is 0. The molecule has 2 aromatic rings. The molecule has 1 heterocycles. The summed E-state index contributed by atoms with van der Waals surface area (Å²) in [5.74, 6) is -1.49. The fraction of sp³-hybridized carbons (Fsp3) is 0.263. The van der Waals surface area contributed by atoms with Gasteiger partial charge in [-0.05, 0) is 56.3 Å². The minimum atomic E-state index is -4.80. The minimum Gasteiger partial charge on any atom is -0.478 e. The number of benzene rings is 2. The van der Waals surface area contributed by atoms with Crippen LogP contribution in [0.3, 0.4) is 0 Å². The van der Waals surface area contributed by atoms with Gasteiger partial charge in [0.2, 0.25) is 0 Å². The molecule has 0 aliphatic carbocycles. The van der Waals surface area contributed by atoms with E-state index >= 15 is 0 Å². The van der Waals surface area contributed by atoms with Gasteiger partial charge in [0, 0.05) is 11.4 Å². The first-order valence-electron chi connectivity index (χ1n) is 8.29. The number of halogens is 3. The monoisotopic (exact) mass is 394 g/mol. The molecule has 1 N–H and O–H groups in total. The maximum Gasteiger partial charge on any atom is 0.573 e. The number of nitrogens with zero attached hydrogens (tertiary/aromatic N) is 2. The van der Waals surface area contributed by atoms with Gasteiger partial charge >= 0.3 is 18.4 Å². The average molecular weight is 394 g/mol. The predicted molar refractivity (Wildman–Crippen MR) is 95.8 cm³/mol. The number of ether oxygens (including phenoxy) is 1. The molecule has 1 aliphatic rings. The van der Waals surface area contributed by atoms with Crippen LogP contribution in [0.2, 0.25) is 0 Å². The highest BCUT2D eigenvalue weighted by atomic mass is 19.4. The number of carbonyl (C=O) groups is 2. The van der Waals surface area contributed by atoms with Crippen molar-refractivity contribution < 1.29 is 32.6 Å². The molecule has 0 saturated carbocycles. The number of carboxylic acids is 1. The number of alkyl halides is 3. The van der Waals surface area contributed by atoms with Gasteiger partial charge in [0.25, 0.3) is 0 Å². The third kappa shape index (κ3) is 3.88. The highest BCUT2D eigenvalue weighted by Crippen LogP contribution is 2.36. The van der Waals surface area contributed by atoms with E-state index in [9.17, 15) is 22.8 Å². The Morgan fingerprint density at radius 2 is 1.75 bits per heavy atom. The number of aromatic carboxylic acids is 1. The van der Waals surface area contributed by atoms with Crippen molar-refractivity contribution in [3.05, 3.63) is 54.1 Å². The maximum absolute atomic E-state index is 13.0. The van der Waals surface area contributed by atoms with E-state index in [1.807, 2.05) is 13.8 Å². The van der Waals surface area contributed by atoms with Crippen molar-refractivity contribution in [3.63, 3.8) is 0 Å². The zero-order valence-corrected chi connectivity index (χ0v) is 15.0. The Morgan fingerprint density at radius 3 is 2.32 bits per heavy atom. The summed E-state index contributed by atoms with van der Waals surface area (Å²) in [6.07, 6.45) is -4.80. The van der Waals surface area contributed by atoms with Crippen LogP contribution in [0.4, 0.5) is 29.3 Å². The van der Waals surface area contributed by atoms with Crippen molar-refractivity contribution in [2.24, 2.45) is 0 Å². The average Bonchev–Trinajstić information content (AvgIpc) is 2.84. The van der Waals surface area contributed by atoms with Crippen molar-refractivity contribution in [2.45, 2.75) is 25.7 Å². The third-order valence-electron chi connectivity index (χ3n) is 4.31. The number of amides is 2. The van der Waals surface area contributed by atoms with E-state index in [1.165, 1.54) is 34.1 Å². The zero-order valence-electron chi connectivity index (χ0n) is 15.0. The highest BCUT2D eigenvalue weighted by Gasteiger charge is 2.44. The summed E-state index contributed by atoms with van der Waals surface area (Å²) in [4.78, 5) is 27.1. The van der Waals surface area contributed by atoms with Crippen molar-refractivity contribution >= 4 is 23.4 Å². The second-order valence-electron chi connectivity index (χ2n) is 6.91. The molecule has 9 heteroatoms. The first kappa shape index (κ1) is 19.5. The predicted octanol–water partition coefficient (Wildman–Crippen LogP) is 4.51. The molecular formula is C19H17F3N2O4. The second-order valence-corrected chi connectivity index (χ2v) is 6.91. The number of rotatable bonds is 4. The quantitative estimate of drug-likeness (QED) is 0.829. The molecule has 0 unspecified atom stereocenters. The first-order valence-corrected chi connectivity index (χ1v) is 8.29. The number of urea groups is 1. The smallest absolute Gasteiger partial charge is 0.478 e. The molecule has 1 aliphatic heterocycles. The summed E-state index contributed by atoms with van der Waals surface area (Å²) in [5, 5.41) is 9.15. The standard InChI is InChI=1S/C19H17F3N2O4/c1-18(2)11-23(14-5-3-4-12(10-14)16(25)26)17(27)24(18)13-6-8-15(9-7-13)28-19(20,21)22/h3-10H,11H2,1-2H3,(H,25,26). The fourth-order valence-electron chi connectivity index (χ4n) is 3.17. The molecule has 148 valence electrons. The van der Waals surface area contributed by atoms with Crippen LogP contribution in [-0.4, -0.2) is 35.6 Å². The van der Waals surface area contributed by atoms with Gasteiger partial charge in [0.1, 0.15) is 5.75 Å². The fourth-order valence-corrected chi connectivity index (χ4v) is 3.17. The molecule has 0 atom stereocenters. The second kappa shape index (κ2) is 6.74. The van der Waals surface area contributed by atoms with E-state index in [0.29, 0.717) is 11.4 Å². The van der Waals surface area contributed by atoms with Crippen LogP contribution in [0.25, 0.3) is 0 Å². The lowest BCUT2D eigenvalue weighted by Crippen LogP contribution is -2.42.